The van der Waals surface area contributed by atoms with Gasteiger partial charge in [-0.15, -0.1) is 10.2 Å². The fourth-order valence-corrected chi connectivity index (χ4v) is 4.24. The molecule has 0 bridgehead atoms. The van der Waals surface area contributed by atoms with Gasteiger partial charge in [0, 0.05) is 25.4 Å². The van der Waals surface area contributed by atoms with Gasteiger partial charge in [0.25, 0.3) is 5.92 Å². The van der Waals surface area contributed by atoms with Gasteiger partial charge in [0.2, 0.25) is 11.8 Å². The molecule has 0 spiro atoms. The maximum atomic E-state index is 14.6. The van der Waals surface area contributed by atoms with Crippen molar-refractivity contribution in [2.24, 2.45) is 7.05 Å². The highest BCUT2D eigenvalue weighted by Gasteiger charge is 2.44. The molecule has 9 nitrogen and oxygen atoms in total. The monoisotopic (exact) mass is 442 g/mol. The van der Waals surface area contributed by atoms with Crippen LogP contribution in [0.4, 0.5) is 14.7 Å². The van der Waals surface area contributed by atoms with Crippen LogP contribution in [0.1, 0.15) is 13.3 Å². The minimum Gasteiger partial charge on any atom is -0.479 e. The van der Waals surface area contributed by atoms with E-state index in [-0.39, 0.29) is 12.5 Å². The molecule has 0 amide bonds. The SMILES string of the molecule is CCN1CC[C@@H](Nc2nc(OC)c3c(-c4ccc5nnn(C)c5c4)ccn3n2)C(F)(F)C1. The number of rotatable bonds is 5. The Hall–Kier alpha value is -3.34. The van der Waals surface area contributed by atoms with Crippen molar-refractivity contribution in [2.75, 3.05) is 32.1 Å². The van der Waals surface area contributed by atoms with Crippen molar-refractivity contribution >= 4 is 22.5 Å². The number of fused-ring (bicyclic) bond motifs is 2. The molecule has 1 atom stereocenters. The molecule has 32 heavy (non-hydrogen) atoms. The van der Waals surface area contributed by atoms with Crippen molar-refractivity contribution in [1.29, 1.82) is 0 Å². The van der Waals surface area contributed by atoms with E-state index in [0.717, 1.165) is 22.2 Å². The number of likely N-dealkylation sites (tertiary alicyclic amines) is 1. The molecule has 1 aliphatic heterocycles. The number of anilines is 1. The smallest absolute Gasteiger partial charge is 0.280 e. The summed E-state index contributed by atoms with van der Waals surface area (Å²) in [6, 6.07) is 6.69. The maximum Gasteiger partial charge on any atom is 0.280 e. The summed E-state index contributed by atoms with van der Waals surface area (Å²) < 4.78 is 38.1. The summed E-state index contributed by atoms with van der Waals surface area (Å²) >= 11 is 0. The first-order valence-corrected chi connectivity index (χ1v) is 10.5. The third-order valence-electron chi connectivity index (χ3n) is 6.02. The van der Waals surface area contributed by atoms with E-state index in [1.807, 2.05) is 38.2 Å². The Morgan fingerprint density at radius 3 is 2.88 bits per heavy atom. The second-order valence-electron chi connectivity index (χ2n) is 8.00. The number of alkyl halides is 2. The Kier molecular flexibility index (Phi) is 4.92. The predicted molar refractivity (Wildman–Crippen MR) is 116 cm³/mol. The van der Waals surface area contributed by atoms with Crippen molar-refractivity contribution in [3.8, 4) is 17.0 Å². The van der Waals surface area contributed by atoms with Crippen LogP contribution in [0.5, 0.6) is 5.88 Å². The molecule has 0 saturated carbocycles. The summed E-state index contributed by atoms with van der Waals surface area (Å²) in [5.41, 5.74) is 4.12. The molecular weight excluding hydrogens is 418 g/mol. The van der Waals surface area contributed by atoms with Crippen LogP contribution in [0, 0.1) is 0 Å². The second kappa shape index (κ2) is 7.66. The fraction of sp³-hybridized carbons (Fsp3) is 0.429. The first-order chi connectivity index (χ1) is 15.4. The van der Waals surface area contributed by atoms with E-state index < -0.39 is 12.0 Å². The number of nitrogens with one attached hydrogen (secondary N) is 1. The second-order valence-corrected chi connectivity index (χ2v) is 8.00. The molecule has 5 rings (SSSR count). The van der Waals surface area contributed by atoms with Crippen LogP contribution in [0.15, 0.2) is 30.5 Å². The first kappa shape index (κ1) is 20.6. The van der Waals surface area contributed by atoms with Crippen molar-refractivity contribution in [3.63, 3.8) is 0 Å². The van der Waals surface area contributed by atoms with Gasteiger partial charge in [-0.25, -0.2) is 18.0 Å². The van der Waals surface area contributed by atoms with Gasteiger partial charge in [0.1, 0.15) is 11.0 Å². The third kappa shape index (κ3) is 3.42. The minimum atomic E-state index is -2.88. The summed E-state index contributed by atoms with van der Waals surface area (Å²) in [5.74, 6) is -2.47. The number of halogens is 2. The Bertz CT molecular complexity index is 1280. The number of benzene rings is 1. The lowest BCUT2D eigenvalue weighted by atomic mass is 10.0. The van der Waals surface area contributed by atoms with Gasteiger partial charge in [-0.1, -0.05) is 18.2 Å². The van der Waals surface area contributed by atoms with Gasteiger partial charge in [-0.05, 0) is 36.7 Å². The summed E-state index contributed by atoms with van der Waals surface area (Å²) in [7, 11) is 3.34. The van der Waals surface area contributed by atoms with Crippen LogP contribution in [-0.4, -0.2) is 73.2 Å². The van der Waals surface area contributed by atoms with Crippen molar-refractivity contribution in [3.05, 3.63) is 30.5 Å². The van der Waals surface area contributed by atoms with E-state index in [0.29, 0.717) is 30.9 Å². The molecule has 0 aliphatic carbocycles. The lowest BCUT2D eigenvalue weighted by Gasteiger charge is -2.38. The van der Waals surface area contributed by atoms with Gasteiger partial charge < -0.3 is 10.1 Å². The average Bonchev–Trinajstić information content (AvgIpc) is 3.37. The van der Waals surface area contributed by atoms with Crippen LogP contribution in [-0.2, 0) is 7.05 Å². The largest absolute Gasteiger partial charge is 0.479 e. The Balaban J connectivity index is 1.51. The number of ether oxygens (including phenoxy) is 1. The van der Waals surface area contributed by atoms with Crippen molar-refractivity contribution in [1.82, 2.24) is 34.5 Å². The molecule has 1 fully saturated rings. The summed E-state index contributed by atoms with van der Waals surface area (Å²) in [6.07, 6.45) is 2.07. The van der Waals surface area contributed by atoms with Crippen molar-refractivity contribution in [2.45, 2.75) is 25.3 Å². The molecule has 168 valence electrons. The minimum absolute atomic E-state index is 0.109. The van der Waals surface area contributed by atoms with E-state index >= 15 is 0 Å². The molecule has 1 aliphatic rings. The van der Waals surface area contributed by atoms with Crippen LogP contribution in [0.2, 0.25) is 0 Å². The van der Waals surface area contributed by atoms with Crippen LogP contribution in [0.3, 0.4) is 0 Å². The number of hydrogen-bond donors (Lipinski definition) is 1. The molecular formula is C21H24F2N8O. The molecule has 4 aromatic rings. The van der Waals surface area contributed by atoms with E-state index in [1.165, 1.54) is 7.11 Å². The normalized spacial score (nSPS) is 19.0. The zero-order chi connectivity index (χ0) is 22.5. The molecule has 11 heteroatoms. The van der Waals surface area contributed by atoms with E-state index in [2.05, 4.69) is 25.7 Å². The average molecular weight is 442 g/mol. The maximum absolute atomic E-state index is 14.6. The van der Waals surface area contributed by atoms with Crippen LogP contribution in [0.25, 0.3) is 27.7 Å². The highest BCUT2D eigenvalue weighted by molar-refractivity contribution is 5.89. The lowest BCUT2D eigenvalue weighted by Crippen LogP contribution is -2.54. The van der Waals surface area contributed by atoms with Crippen LogP contribution < -0.4 is 10.1 Å². The zero-order valence-corrected chi connectivity index (χ0v) is 18.1. The number of aryl methyl sites for hydroxylation is 1. The quantitative estimate of drug-likeness (QED) is 0.509. The standard InChI is InChI=1S/C21H24F2N8O/c1-4-30-9-8-17(21(22,23)12-30)24-20-25-19(32-3)18-14(7-10-31(18)27-20)13-5-6-15-16(11-13)29(2)28-26-15/h5-7,10-11,17H,4,8-9,12H2,1-3H3,(H,24,27)/t17-/m1/s1. The van der Waals surface area contributed by atoms with Gasteiger partial charge in [0.05, 0.1) is 25.2 Å². The Labute approximate surface area is 183 Å². The van der Waals surface area contributed by atoms with Gasteiger partial charge in [0.15, 0.2) is 0 Å². The van der Waals surface area contributed by atoms with Gasteiger partial charge in [-0.2, -0.15) is 4.98 Å². The molecule has 0 radical (unpaired) electrons. The Morgan fingerprint density at radius 1 is 1.28 bits per heavy atom. The van der Waals surface area contributed by atoms with E-state index in [4.69, 9.17) is 4.74 Å². The number of methoxy groups -OCH3 is 1. The molecule has 0 unspecified atom stereocenters. The predicted octanol–water partition coefficient (Wildman–Crippen LogP) is 2.83. The molecule has 1 N–H and O–H groups in total. The highest BCUT2D eigenvalue weighted by atomic mass is 19.3. The highest BCUT2D eigenvalue weighted by Crippen LogP contribution is 2.34. The summed E-state index contributed by atoms with van der Waals surface area (Å²) in [5, 5.41) is 15.4. The first-order valence-electron chi connectivity index (χ1n) is 10.5. The number of piperidine rings is 1. The molecule has 3 aromatic heterocycles. The number of aromatic nitrogens is 6. The fourth-order valence-electron chi connectivity index (χ4n) is 4.24. The third-order valence-corrected chi connectivity index (χ3v) is 6.02. The van der Waals surface area contributed by atoms with E-state index in [1.54, 1.807) is 20.3 Å². The molecule has 1 saturated heterocycles. The number of hydrogen-bond acceptors (Lipinski definition) is 7. The van der Waals surface area contributed by atoms with Crippen molar-refractivity contribution < 1.29 is 13.5 Å². The summed E-state index contributed by atoms with van der Waals surface area (Å²) in [6.45, 7) is 2.81. The topological polar surface area (TPSA) is 85.4 Å². The van der Waals surface area contributed by atoms with Gasteiger partial charge in [-0.3, -0.25) is 4.90 Å². The molecule has 1 aromatic carbocycles. The van der Waals surface area contributed by atoms with Crippen LogP contribution >= 0.6 is 0 Å². The summed E-state index contributed by atoms with van der Waals surface area (Å²) in [4.78, 5) is 6.15. The lowest BCUT2D eigenvalue weighted by molar-refractivity contribution is -0.0726. The zero-order valence-electron chi connectivity index (χ0n) is 18.1. The molecule has 4 heterocycles. The van der Waals surface area contributed by atoms with Gasteiger partial charge >= 0.3 is 0 Å². The Morgan fingerprint density at radius 2 is 2.12 bits per heavy atom. The van der Waals surface area contributed by atoms with E-state index in [9.17, 15) is 8.78 Å². The number of nitrogens with zero attached hydrogens (tertiary/aromatic N) is 7.